The first-order valence-corrected chi connectivity index (χ1v) is 10.6. The number of nitrogens with zero attached hydrogens (tertiary/aromatic N) is 3. The Morgan fingerprint density at radius 1 is 1.11 bits per heavy atom. The van der Waals surface area contributed by atoms with Gasteiger partial charge >= 0.3 is 6.36 Å². The number of non-ortho nitro benzene ring substituents is 1. The third-order valence-electron chi connectivity index (χ3n) is 5.03. The minimum atomic E-state index is -4.83. The predicted octanol–water partition coefficient (Wildman–Crippen LogP) is 4.99. The SMILES string of the molecule is CC(C)[C@@H](CO)Nc1nc(NCc2ccc([N+](=O)[O-])cc2)cc(-c2cccc(OC(F)(F)F)c2)n1. The number of nitro benzene ring substituents is 1. The molecule has 0 radical (unpaired) electrons. The highest BCUT2D eigenvalue weighted by molar-refractivity contribution is 5.66. The van der Waals surface area contributed by atoms with Gasteiger partial charge in [0.1, 0.15) is 11.6 Å². The van der Waals surface area contributed by atoms with Crippen molar-refractivity contribution in [3.8, 4) is 17.0 Å². The predicted molar refractivity (Wildman–Crippen MR) is 124 cm³/mol. The zero-order valence-corrected chi connectivity index (χ0v) is 18.9. The van der Waals surface area contributed by atoms with E-state index in [0.29, 0.717) is 17.1 Å². The molecule has 0 unspecified atom stereocenters. The standard InChI is InChI=1S/C23H24F3N5O4/c1-14(2)20(13-32)29-22-28-19(16-4-3-5-18(10-16)35-23(24,25)26)11-21(30-22)27-12-15-6-8-17(9-7-15)31(33)34/h3-11,14,20,32H,12-13H2,1-2H3,(H2,27,28,29,30)/t20-/m1/s1. The van der Waals surface area contributed by atoms with Crippen molar-refractivity contribution < 1.29 is 27.9 Å². The summed E-state index contributed by atoms with van der Waals surface area (Å²) in [7, 11) is 0. The molecule has 12 heteroatoms. The van der Waals surface area contributed by atoms with Crippen molar-refractivity contribution >= 4 is 17.5 Å². The van der Waals surface area contributed by atoms with Gasteiger partial charge in [-0.1, -0.05) is 38.1 Å². The molecule has 0 fully saturated rings. The summed E-state index contributed by atoms with van der Waals surface area (Å²) in [4.78, 5) is 19.2. The number of benzene rings is 2. The van der Waals surface area contributed by atoms with Crippen LogP contribution >= 0.6 is 0 Å². The summed E-state index contributed by atoms with van der Waals surface area (Å²) in [6.07, 6.45) is -4.83. The van der Waals surface area contributed by atoms with E-state index in [1.165, 1.54) is 30.3 Å². The summed E-state index contributed by atoms with van der Waals surface area (Å²) in [5, 5.41) is 26.7. The number of hydrogen-bond acceptors (Lipinski definition) is 8. The Balaban J connectivity index is 1.91. The molecule has 0 bridgehead atoms. The highest BCUT2D eigenvalue weighted by Crippen LogP contribution is 2.29. The van der Waals surface area contributed by atoms with E-state index in [-0.39, 0.29) is 42.5 Å². The van der Waals surface area contributed by atoms with Crippen molar-refractivity contribution in [2.24, 2.45) is 5.92 Å². The molecule has 3 aromatic rings. The topological polar surface area (TPSA) is 122 Å². The highest BCUT2D eigenvalue weighted by Gasteiger charge is 2.31. The van der Waals surface area contributed by atoms with Crippen molar-refractivity contribution in [1.29, 1.82) is 0 Å². The van der Waals surface area contributed by atoms with Crippen molar-refractivity contribution in [3.05, 3.63) is 70.3 Å². The molecule has 3 N–H and O–H groups in total. The first-order valence-electron chi connectivity index (χ1n) is 10.6. The molecule has 0 aliphatic carbocycles. The number of rotatable bonds is 10. The quantitative estimate of drug-likeness (QED) is 0.268. The van der Waals surface area contributed by atoms with Crippen LogP contribution in [-0.2, 0) is 6.54 Å². The minimum Gasteiger partial charge on any atom is -0.406 e. The third-order valence-corrected chi connectivity index (χ3v) is 5.03. The number of hydrogen-bond donors (Lipinski definition) is 3. The van der Waals surface area contributed by atoms with Crippen LogP contribution in [0.3, 0.4) is 0 Å². The minimum absolute atomic E-state index is 0.0331. The number of aromatic nitrogens is 2. The Labute approximate surface area is 199 Å². The summed E-state index contributed by atoms with van der Waals surface area (Å²) in [5.41, 5.74) is 1.40. The number of ether oxygens (including phenoxy) is 1. The second-order valence-corrected chi connectivity index (χ2v) is 7.99. The van der Waals surface area contributed by atoms with E-state index in [1.807, 2.05) is 13.8 Å². The van der Waals surface area contributed by atoms with Crippen LogP contribution in [0, 0.1) is 16.0 Å². The van der Waals surface area contributed by atoms with Crippen molar-refractivity contribution in [2.75, 3.05) is 17.2 Å². The molecule has 9 nitrogen and oxygen atoms in total. The Morgan fingerprint density at radius 2 is 1.83 bits per heavy atom. The number of anilines is 2. The lowest BCUT2D eigenvalue weighted by Crippen LogP contribution is -2.30. The van der Waals surface area contributed by atoms with Gasteiger partial charge in [0.2, 0.25) is 5.95 Å². The molecule has 0 aliphatic heterocycles. The molecular formula is C23H24F3N5O4. The van der Waals surface area contributed by atoms with E-state index in [0.717, 1.165) is 5.56 Å². The summed E-state index contributed by atoms with van der Waals surface area (Å²) >= 11 is 0. The fourth-order valence-electron chi connectivity index (χ4n) is 3.12. The van der Waals surface area contributed by atoms with Gasteiger partial charge in [0.25, 0.3) is 5.69 Å². The van der Waals surface area contributed by atoms with Gasteiger partial charge in [-0.2, -0.15) is 4.98 Å². The Morgan fingerprint density at radius 3 is 2.43 bits per heavy atom. The first kappa shape index (κ1) is 25.7. The maximum atomic E-state index is 12.7. The van der Waals surface area contributed by atoms with Gasteiger partial charge < -0.3 is 20.5 Å². The average molecular weight is 491 g/mol. The average Bonchev–Trinajstić information content (AvgIpc) is 2.80. The molecule has 1 atom stereocenters. The third kappa shape index (κ3) is 7.54. The first-order chi connectivity index (χ1) is 16.5. The van der Waals surface area contributed by atoms with Crippen LogP contribution < -0.4 is 15.4 Å². The number of aliphatic hydroxyl groups excluding tert-OH is 1. The molecule has 35 heavy (non-hydrogen) atoms. The second kappa shape index (κ2) is 11.0. The van der Waals surface area contributed by atoms with Crippen LogP contribution in [0.2, 0.25) is 0 Å². The zero-order valence-electron chi connectivity index (χ0n) is 18.9. The van der Waals surface area contributed by atoms with E-state index < -0.39 is 11.3 Å². The number of nitrogens with one attached hydrogen (secondary N) is 2. The van der Waals surface area contributed by atoms with Gasteiger partial charge in [0, 0.05) is 30.3 Å². The normalized spacial score (nSPS) is 12.3. The van der Waals surface area contributed by atoms with E-state index >= 15 is 0 Å². The van der Waals surface area contributed by atoms with Gasteiger partial charge in [-0.15, -0.1) is 13.2 Å². The van der Waals surface area contributed by atoms with Gasteiger partial charge in [0.05, 0.1) is 23.3 Å². The molecule has 0 spiro atoms. The summed E-state index contributed by atoms with van der Waals surface area (Å²) in [6, 6.07) is 12.6. The fourth-order valence-corrected chi connectivity index (χ4v) is 3.12. The smallest absolute Gasteiger partial charge is 0.406 e. The fraction of sp³-hybridized carbons (Fsp3) is 0.304. The van der Waals surface area contributed by atoms with E-state index in [2.05, 4.69) is 25.3 Å². The van der Waals surface area contributed by atoms with Crippen LogP contribution in [0.4, 0.5) is 30.6 Å². The number of halogens is 3. The summed E-state index contributed by atoms with van der Waals surface area (Å²) < 4.78 is 42.0. The molecule has 1 heterocycles. The summed E-state index contributed by atoms with van der Waals surface area (Å²) in [6.45, 7) is 3.91. The Hall–Kier alpha value is -3.93. The molecule has 0 saturated carbocycles. The maximum absolute atomic E-state index is 12.7. The molecule has 1 aromatic heterocycles. The number of nitro groups is 1. The Kier molecular flexibility index (Phi) is 8.07. The lowest BCUT2D eigenvalue weighted by Gasteiger charge is -2.21. The largest absolute Gasteiger partial charge is 0.573 e. The molecule has 0 saturated heterocycles. The zero-order chi connectivity index (χ0) is 25.6. The lowest BCUT2D eigenvalue weighted by atomic mass is 10.1. The van der Waals surface area contributed by atoms with Crippen molar-refractivity contribution in [1.82, 2.24) is 9.97 Å². The molecule has 2 aromatic carbocycles. The van der Waals surface area contributed by atoms with Gasteiger partial charge in [-0.05, 0) is 23.6 Å². The molecule has 0 aliphatic rings. The van der Waals surface area contributed by atoms with Gasteiger partial charge in [-0.3, -0.25) is 10.1 Å². The maximum Gasteiger partial charge on any atom is 0.573 e. The van der Waals surface area contributed by atoms with E-state index in [4.69, 9.17) is 0 Å². The molecule has 0 amide bonds. The van der Waals surface area contributed by atoms with Crippen LogP contribution in [0.15, 0.2) is 54.6 Å². The van der Waals surface area contributed by atoms with Gasteiger partial charge in [0.15, 0.2) is 0 Å². The van der Waals surface area contributed by atoms with Crippen LogP contribution in [0.5, 0.6) is 5.75 Å². The molecule has 186 valence electrons. The second-order valence-electron chi connectivity index (χ2n) is 7.99. The van der Waals surface area contributed by atoms with E-state index in [9.17, 15) is 28.4 Å². The monoisotopic (exact) mass is 491 g/mol. The Bertz CT molecular complexity index is 1160. The molecule has 3 rings (SSSR count). The van der Waals surface area contributed by atoms with Crippen LogP contribution in [0.25, 0.3) is 11.3 Å². The van der Waals surface area contributed by atoms with Crippen LogP contribution in [0.1, 0.15) is 19.4 Å². The lowest BCUT2D eigenvalue weighted by molar-refractivity contribution is -0.384. The number of aliphatic hydroxyl groups is 1. The molecular weight excluding hydrogens is 467 g/mol. The highest BCUT2D eigenvalue weighted by atomic mass is 19.4. The van der Waals surface area contributed by atoms with Crippen LogP contribution in [-0.4, -0.2) is 39.0 Å². The van der Waals surface area contributed by atoms with Gasteiger partial charge in [-0.25, -0.2) is 4.98 Å². The van der Waals surface area contributed by atoms with Crippen molar-refractivity contribution in [3.63, 3.8) is 0 Å². The number of alkyl halides is 3. The van der Waals surface area contributed by atoms with Crippen molar-refractivity contribution in [2.45, 2.75) is 32.8 Å². The van der Waals surface area contributed by atoms with E-state index in [1.54, 1.807) is 24.3 Å². The summed E-state index contributed by atoms with van der Waals surface area (Å²) in [5.74, 6) is 0.188.